The molecule has 2 aromatic rings. The summed E-state index contributed by atoms with van der Waals surface area (Å²) < 4.78 is 5.43. The summed E-state index contributed by atoms with van der Waals surface area (Å²) in [6.45, 7) is 4.20. The van der Waals surface area contributed by atoms with E-state index in [1.54, 1.807) is 30.6 Å². The van der Waals surface area contributed by atoms with Crippen LogP contribution in [0.3, 0.4) is 0 Å². The molecular formula is C16H17N3O2. The Morgan fingerprint density at radius 1 is 1.24 bits per heavy atom. The van der Waals surface area contributed by atoms with Crippen LogP contribution in [0, 0.1) is 0 Å². The normalized spacial score (nSPS) is 11.0. The molecule has 21 heavy (non-hydrogen) atoms. The van der Waals surface area contributed by atoms with E-state index in [9.17, 15) is 4.79 Å². The summed E-state index contributed by atoms with van der Waals surface area (Å²) in [7, 11) is 0. The summed E-state index contributed by atoms with van der Waals surface area (Å²) >= 11 is 0. The number of benzene rings is 1. The van der Waals surface area contributed by atoms with E-state index in [4.69, 9.17) is 4.74 Å². The highest BCUT2D eigenvalue weighted by Gasteiger charge is 2.11. The van der Waals surface area contributed by atoms with Gasteiger partial charge in [0, 0.05) is 18.0 Å². The van der Waals surface area contributed by atoms with E-state index in [1.165, 1.54) is 0 Å². The number of ether oxygens (including phenoxy) is 1. The average Bonchev–Trinajstić information content (AvgIpc) is 2.54. The molecule has 1 aromatic heterocycles. The Kier molecular flexibility index (Phi) is 5.04. The van der Waals surface area contributed by atoms with Crippen LogP contribution in [0.5, 0.6) is 5.75 Å². The van der Waals surface area contributed by atoms with Crippen LogP contribution < -0.4 is 10.2 Å². The first-order chi connectivity index (χ1) is 10.2. The molecule has 5 nitrogen and oxygen atoms in total. The summed E-state index contributed by atoms with van der Waals surface area (Å²) in [5, 5.41) is 4.11. The highest BCUT2D eigenvalue weighted by Crippen LogP contribution is 2.17. The Morgan fingerprint density at radius 3 is 2.67 bits per heavy atom. The fraction of sp³-hybridized carbons (Fsp3) is 0.188. The minimum atomic E-state index is -0.299. The van der Waals surface area contributed by atoms with Gasteiger partial charge < -0.3 is 4.74 Å². The number of hydrazone groups is 1. The van der Waals surface area contributed by atoms with E-state index in [-0.39, 0.29) is 5.91 Å². The zero-order chi connectivity index (χ0) is 15.1. The molecule has 0 aliphatic heterocycles. The summed E-state index contributed by atoms with van der Waals surface area (Å²) in [5.74, 6) is 0.252. The quantitative estimate of drug-likeness (QED) is 0.677. The second-order valence-corrected chi connectivity index (χ2v) is 4.30. The van der Waals surface area contributed by atoms with Crippen molar-refractivity contribution in [3.63, 3.8) is 0 Å². The van der Waals surface area contributed by atoms with Gasteiger partial charge in [0.2, 0.25) is 0 Å². The zero-order valence-electron chi connectivity index (χ0n) is 12.0. The number of para-hydroxylation sites is 1. The molecule has 0 bridgehead atoms. The molecule has 1 N–H and O–H groups in total. The molecule has 0 saturated heterocycles. The molecule has 0 unspecified atom stereocenters. The number of hydrogen-bond acceptors (Lipinski definition) is 4. The Bertz CT molecular complexity index is 639. The molecule has 2 rings (SSSR count). The Labute approximate surface area is 123 Å². The maximum absolute atomic E-state index is 12.2. The number of hydrogen-bond donors (Lipinski definition) is 1. The molecule has 0 radical (unpaired) electrons. The van der Waals surface area contributed by atoms with Gasteiger partial charge in [-0.25, -0.2) is 5.43 Å². The van der Waals surface area contributed by atoms with Crippen LogP contribution in [0.4, 0.5) is 0 Å². The van der Waals surface area contributed by atoms with Crippen molar-refractivity contribution in [2.45, 2.75) is 13.8 Å². The van der Waals surface area contributed by atoms with Crippen molar-refractivity contribution in [1.29, 1.82) is 0 Å². The first kappa shape index (κ1) is 14.7. The largest absolute Gasteiger partial charge is 0.493 e. The fourth-order valence-corrected chi connectivity index (χ4v) is 1.79. The number of aromatic nitrogens is 1. The second kappa shape index (κ2) is 7.19. The highest BCUT2D eigenvalue weighted by atomic mass is 16.5. The van der Waals surface area contributed by atoms with Crippen molar-refractivity contribution >= 4 is 11.6 Å². The van der Waals surface area contributed by atoms with E-state index >= 15 is 0 Å². The lowest BCUT2D eigenvalue weighted by atomic mass is 10.2. The third-order valence-electron chi connectivity index (χ3n) is 2.85. The average molecular weight is 283 g/mol. The minimum absolute atomic E-state index is 0.299. The van der Waals surface area contributed by atoms with Gasteiger partial charge in [-0.1, -0.05) is 12.1 Å². The standard InChI is InChI=1S/C16H17N3O2/c1-3-21-15-7-5-4-6-14(15)16(20)19-18-12(2)13-8-10-17-11-9-13/h4-11H,3H2,1-2H3,(H,19,20)/b18-12-. The third-order valence-corrected chi connectivity index (χ3v) is 2.85. The van der Waals surface area contributed by atoms with Gasteiger partial charge in [0.05, 0.1) is 17.9 Å². The molecule has 0 aliphatic carbocycles. The van der Waals surface area contributed by atoms with Crippen molar-refractivity contribution in [1.82, 2.24) is 10.4 Å². The van der Waals surface area contributed by atoms with Crippen LogP contribution in [-0.2, 0) is 0 Å². The molecule has 0 atom stereocenters. The number of nitrogens with one attached hydrogen (secondary N) is 1. The third kappa shape index (κ3) is 3.89. The maximum Gasteiger partial charge on any atom is 0.275 e. The summed E-state index contributed by atoms with van der Waals surface area (Å²) in [5.41, 5.74) is 4.62. The van der Waals surface area contributed by atoms with E-state index < -0.39 is 0 Å². The molecule has 1 aromatic carbocycles. The van der Waals surface area contributed by atoms with Gasteiger partial charge in [-0.3, -0.25) is 9.78 Å². The monoisotopic (exact) mass is 283 g/mol. The summed E-state index contributed by atoms with van der Waals surface area (Å²) in [4.78, 5) is 16.1. The smallest absolute Gasteiger partial charge is 0.275 e. The number of nitrogens with zero attached hydrogens (tertiary/aromatic N) is 2. The molecule has 0 spiro atoms. The van der Waals surface area contributed by atoms with Gasteiger partial charge in [0.15, 0.2) is 0 Å². The number of carbonyl (C=O) groups is 1. The first-order valence-corrected chi connectivity index (χ1v) is 6.69. The molecule has 0 saturated carbocycles. The Morgan fingerprint density at radius 2 is 1.95 bits per heavy atom. The zero-order valence-corrected chi connectivity index (χ0v) is 12.0. The number of carbonyl (C=O) groups excluding carboxylic acids is 1. The van der Waals surface area contributed by atoms with E-state index in [0.717, 1.165) is 5.56 Å². The molecule has 1 heterocycles. The van der Waals surface area contributed by atoms with Crippen molar-refractivity contribution in [3.8, 4) is 5.75 Å². The maximum atomic E-state index is 12.2. The molecule has 0 aliphatic rings. The lowest BCUT2D eigenvalue weighted by Gasteiger charge is -2.08. The minimum Gasteiger partial charge on any atom is -0.493 e. The lowest BCUT2D eigenvalue weighted by Crippen LogP contribution is -2.20. The van der Waals surface area contributed by atoms with Crippen LogP contribution in [-0.4, -0.2) is 23.2 Å². The van der Waals surface area contributed by atoms with Crippen LogP contribution in [0.25, 0.3) is 0 Å². The fourth-order valence-electron chi connectivity index (χ4n) is 1.79. The highest BCUT2D eigenvalue weighted by molar-refractivity contribution is 6.01. The van der Waals surface area contributed by atoms with Gasteiger partial charge in [-0.2, -0.15) is 5.10 Å². The Hall–Kier alpha value is -2.69. The van der Waals surface area contributed by atoms with Gasteiger partial charge in [-0.05, 0) is 38.1 Å². The molecule has 1 amide bonds. The van der Waals surface area contributed by atoms with Crippen LogP contribution in [0.2, 0.25) is 0 Å². The summed E-state index contributed by atoms with van der Waals surface area (Å²) in [6, 6.07) is 10.7. The second-order valence-electron chi connectivity index (χ2n) is 4.30. The van der Waals surface area contributed by atoms with Crippen molar-refractivity contribution < 1.29 is 9.53 Å². The predicted molar refractivity (Wildman–Crippen MR) is 81.5 cm³/mol. The Balaban J connectivity index is 2.12. The molecule has 5 heteroatoms. The van der Waals surface area contributed by atoms with Gasteiger partial charge in [-0.15, -0.1) is 0 Å². The molecule has 108 valence electrons. The van der Waals surface area contributed by atoms with Crippen LogP contribution >= 0.6 is 0 Å². The first-order valence-electron chi connectivity index (χ1n) is 6.69. The van der Waals surface area contributed by atoms with E-state index in [2.05, 4.69) is 15.5 Å². The number of rotatable bonds is 5. The van der Waals surface area contributed by atoms with Gasteiger partial charge in [0.25, 0.3) is 5.91 Å². The van der Waals surface area contributed by atoms with E-state index in [0.29, 0.717) is 23.6 Å². The van der Waals surface area contributed by atoms with Gasteiger partial charge in [0.1, 0.15) is 5.75 Å². The topological polar surface area (TPSA) is 63.6 Å². The van der Waals surface area contributed by atoms with E-state index in [1.807, 2.05) is 32.0 Å². The van der Waals surface area contributed by atoms with Crippen LogP contribution in [0.15, 0.2) is 53.9 Å². The summed E-state index contributed by atoms with van der Waals surface area (Å²) in [6.07, 6.45) is 3.36. The van der Waals surface area contributed by atoms with Crippen molar-refractivity contribution in [3.05, 3.63) is 59.9 Å². The molecule has 0 fully saturated rings. The van der Waals surface area contributed by atoms with Crippen molar-refractivity contribution in [2.24, 2.45) is 5.10 Å². The number of pyridine rings is 1. The van der Waals surface area contributed by atoms with Gasteiger partial charge >= 0.3 is 0 Å². The van der Waals surface area contributed by atoms with Crippen LogP contribution in [0.1, 0.15) is 29.8 Å². The molecular weight excluding hydrogens is 266 g/mol. The lowest BCUT2D eigenvalue weighted by molar-refractivity contribution is 0.0951. The predicted octanol–water partition coefficient (Wildman–Crippen LogP) is 2.63. The number of amides is 1. The SMILES string of the molecule is CCOc1ccccc1C(=O)N/N=C(/C)c1ccncc1. The van der Waals surface area contributed by atoms with Crippen molar-refractivity contribution in [2.75, 3.05) is 6.61 Å².